The number of likely N-dealkylation sites (tertiary alicyclic amines) is 1. The summed E-state index contributed by atoms with van der Waals surface area (Å²) < 4.78 is 10.6. The number of hydrogen-bond acceptors (Lipinski definition) is 6. The van der Waals surface area contributed by atoms with Crippen LogP contribution >= 0.6 is 0 Å². The zero-order chi connectivity index (χ0) is 16.9. The van der Waals surface area contributed by atoms with E-state index in [0.717, 1.165) is 19.4 Å². The largest absolute Gasteiger partial charge is 0.444 e. The Morgan fingerprint density at radius 1 is 1.43 bits per heavy atom. The summed E-state index contributed by atoms with van der Waals surface area (Å²) in [6, 6.07) is 0.241. The van der Waals surface area contributed by atoms with Gasteiger partial charge in [0.2, 0.25) is 5.89 Å². The minimum Gasteiger partial charge on any atom is -0.444 e. The van der Waals surface area contributed by atoms with Gasteiger partial charge in [-0.2, -0.15) is 4.98 Å². The van der Waals surface area contributed by atoms with E-state index >= 15 is 0 Å². The van der Waals surface area contributed by atoms with Gasteiger partial charge in [-0.05, 0) is 53.6 Å². The summed E-state index contributed by atoms with van der Waals surface area (Å²) in [5.41, 5.74) is -0.474. The van der Waals surface area contributed by atoms with Crippen molar-refractivity contribution in [3.8, 4) is 0 Å². The van der Waals surface area contributed by atoms with Crippen LogP contribution in [0.15, 0.2) is 4.52 Å². The van der Waals surface area contributed by atoms with Crippen molar-refractivity contribution in [3.63, 3.8) is 0 Å². The first-order valence-electron chi connectivity index (χ1n) is 8.35. The van der Waals surface area contributed by atoms with Crippen LogP contribution in [-0.2, 0) is 11.2 Å². The fourth-order valence-electron chi connectivity index (χ4n) is 2.64. The molecule has 2 heterocycles. The molecule has 7 heteroatoms. The van der Waals surface area contributed by atoms with Gasteiger partial charge in [0.15, 0.2) is 5.82 Å². The Morgan fingerprint density at radius 3 is 2.91 bits per heavy atom. The summed E-state index contributed by atoms with van der Waals surface area (Å²) in [7, 11) is 2.10. The van der Waals surface area contributed by atoms with E-state index in [2.05, 4.69) is 27.4 Å². The Hall–Kier alpha value is -1.63. The zero-order valence-electron chi connectivity index (χ0n) is 14.6. The van der Waals surface area contributed by atoms with Crippen molar-refractivity contribution >= 4 is 6.09 Å². The molecule has 1 saturated heterocycles. The van der Waals surface area contributed by atoms with Crippen LogP contribution < -0.4 is 5.32 Å². The van der Waals surface area contributed by atoms with Crippen LogP contribution in [0.2, 0.25) is 0 Å². The van der Waals surface area contributed by atoms with Crippen molar-refractivity contribution in [2.24, 2.45) is 0 Å². The number of aryl methyl sites for hydroxylation is 1. The number of ether oxygens (including phenoxy) is 1. The number of amides is 1. The average Bonchev–Trinajstić information content (AvgIpc) is 2.91. The van der Waals surface area contributed by atoms with Crippen LogP contribution in [0.3, 0.4) is 0 Å². The molecule has 1 aromatic heterocycles. The van der Waals surface area contributed by atoms with Gasteiger partial charge in [0.1, 0.15) is 5.60 Å². The molecule has 1 aliphatic rings. The van der Waals surface area contributed by atoms with Crippen molar-refractivity contribution in [2.75, 3.05) is 20.1 Å². The third kappa shape index (κ3) is 5.82. The Kier molecular flexibility index (Phi) is 5.98. The molecule has 1 amide bonds. The van der Waals surface area contributed by atoms with Crippen molar-refractivity contribution in [1.29, 1.82) is 0 Å². The highest BCUT2D eigenvalue weighted by Crippen LogP contribution is 2.28. The number of alkyl carbamates (subject to hydrolysis) is 1. The maximum absolute atomic E-state index is 11.5. The van der Waals surface area contributed by atoms with E-state index in [1.807, 2.05) is 20.8 Å². The molecule has 23 heavy (non-hydrogen) atoms. The number of carbonyl (C=O) groups excluding carboxylic acids is 1. The van der Waals surface area contributed by atoms with Gasteiger partial charge in [0.05, 0.1) is 6.04 Å². The van der Waals surface area contributed by atoms with Gasteiger partial charge in [-0.25, -0.2) is 4.79 Å². The Morgan fingerprint density at radius 2 is 2.22 bits per heavy atom. The Bertz CT molecular complexity index is 510. The molecule has 2 rings (SSSR count). The van der Waals surface area contributed by atoms with Crippen LogP contribution in [0, 0.1) is 0 Å². The smallest absolute Gasteiger partial charge is 0.407 e. The van der Waals surface area contributed by atoms with E-state index < -0.39 is 11.7 Å². The van der Waals surface area contributed by atoms with E-state index in [1.165, 1.54) is 12.8 Å². The molecule has 7 nitrogen and oxygen atoms in total. The van der Waals surface area contributed by atoms with E-state index in [-0.39, 0.29) is 6.04 Å². The molecule has 0 aliphatic carbocycles. The molecule has 0 bridgehead atoms. The SMILES string of the molecule is CN1CCCC[C@@H]1c1nc(CCCNC(=O)OC(C)(C)C)no1. The van der Waals surface area contributed by atoms with Crippen molar-refractivity contribution in [2.45, 2.75) is 64.5 Å². The van der Waals surface area contributed by atoms with Crippen molar-refractivity contribution in [3.05, 3.63) is 11.7 Å². The third-order valence-corrected chi connectivity index (χ3v) is 3.78. The van der Waals surface area contributed by atoms with Crippen LogP contribution in [0.25, 0.3) is 0 Å². The number of hydrogen-bond donors (Lipinski definition) is 1. The molecule has 1 aromatic rings. The van der Waals surface area contributed by atoms with Crippen LogP contribution in [-0.4, -0.2) is 46.9 Å². The van der Waals surface area contributed by atoms with Crippen LogP contribution in [0.4, 0.5) is 4.79 Å². The van der Waals surface area contributed by atoms with Gasteiger partial charge >= 0.3 is 6.09 Å². The molecule has 1 aliphatic heterocycles. The summed E-state index contributed by atoms with van der Waals surface area (Å²) in [4.78, 5) is 18.3. The monoisotopic (exact) mass is 324 g/mol. The molecule has 0 saturated carbocycles. The first kappa shape index (κ1) is 17.7. The summed E-state index contributed by atoms with van der Waals surface area (Å²) in [6.45, 7) is 7.13. The molecule has 1 N–H and O–H groups in total. The molecule has 0 radical (unpaired) electrons. The molecule has 1 fully saturated rings. The first-order valence-corrected chi connectivity index (χ1v) is 8.35. The summed E-state index contributed by atoms with van der Waals surface area (Å²) in [6.07, 6.45) is 4.53. The fourth-order valence-corrected chi connectivity index (χ4v) is 2.64. The quantitative estimate of drug-likeness (QED) is 0.839. The molecular formula is C16H28N4O3. The second kappa shape index (κ2) is 7.77. The zero-order valence-corrected chi connectivity index (χ0v) is 14.6. The lowest BCUT2D eigenvalue weighted by Gasteiger charge is -2.29. The maximum atomic E-state index is 11.5. The Labute approximate surface area is 137 Å². The fraction of sp³-hybridized carbons (Fsp3) is 0.812. The standard InChI is InChI=1S/C16H28N4O3/c1-16(2,3)22-15(21)17-10-7-9-13-18-14(23-19-13)12-8-5-6-11-20(12)4/h12H,5-11H2,1-4H3,(H,17,21)/t12-/m1/s1. The second-order valence-corrected chi connectivity index (χ2v) is 7.07. The second-order valence-electron chi connectivity index (χ2n) is 7.07. The van der Waals surface area contributed by atoms with Crippen molar-refractivity contribution in [1.82, 2.24) is 20.4 Å². The number of nitrogens with zero attached hydrogens (tertiary/aromatic N) is 3. The number of carbonyl (C=O) groups is 1. The maximum Gasteiger partial charge on any atom is 0.407 e. The lowest BCUT2D eigenvalue weighted by molar-refractivity contribution is 0.0527. The predicted molar refractivity (Wildman–Crippen MR) is 86.1 cm³/mol. The number of piperidine rings is 1. The normalized spacial score (nSPS) is 19.6. The van der Waals surface area contributed by atoms with Gasteiger partial charge in [0.25, 0.3) is 0 Å². The molecule has 1 atom stereocenters. The van der Waals surface area contributed by atoms with E-state index in [4.69, 9.17) is 9.26 Å². The van der Waals surface area contributed by atoms with E-state index in [0.29, 0.717) is 24.7 Å². The summed E-state index contributed by atoms with van der Waals surface area (Å²) in [5.74, 6) is 1.41. The van der Waals surface area contributed by atoms with Gasteiger partial charge in [-0.15, -0.1) is 0 Å². The predicted octanol–water partition coefficient (Wildman–Crippen LogP) is 2.68. The van der Waals surface area contributed by atoms with Crippen molar-refractivity contribution < 1.29 is 14.1 Å². The highest BCUT2D eigenvalue weighted by molar-refractivity contribution is 5.67. The highest BCUT2D eigenvalue weighted by Gasteiger charge is 2.25. The average molecular weight is 324 g/mol. The van der Waals surface area contributed by atoms with E-state index in [1.54, 1.807) is 0 Å². The summed E-state index contributed by atoms with van der Waals surface area (Å²) >= 11 is 0. The minimum absolute atomic E-state index is 0.241. The topological polar surface area (TPSA) is 80.5 Å². The highest BCUT2D eigenvalue weighted by atomic mass is 16.6. The Balaban J connectivity index is 1.72. The van der Waals surface area contributed by atoms with Crippen LogP contribution in [0.5, 0.6) is 0 Å². The molecular weight excluding hydrogens is 296 g/mol. The van der Waals surface area contributed by atoms with Gasteiger partial charge in [-0.3, -0.25) is 4.90 Å². The molecule has 130 valence electrons. The molecule has 0 spiro atoms. The van der Waals surface area contributed by atoms with Crippen LogP contribution in [0.1, 0.15) is 64.2 Å². The number of aromatic nitrogens is 2. The number of rotatable bonds is 5. The van der Waals surface area contributed by atoms with Gasteiger partial charge < -0.3 is 14.6 Å². The summed E-state index contributed by atoms with van der Waals surface area (Å²) in [5, 5.41) is 6.78. The van der Waals surface area contributed by atoms with Gasteiger partial charge in [-0.1, -0.05) is 11.6 Å². The number of nitrogens with one attached hydrogen (secondary N) is 1. The minimum atomic E-state index is -0.474. The molecule has 0 aromatic carbocycles. The molecule has 0 unspecified atom stereocenters. The third-order valence-electron chi connectivity index (χ3n) is 3.78. The lowest BCUT2D eigenvalue weighted by Crippen LogP contribution is -2.33. The first-order chi connectivity index (χ1) is 10.8. The lowest BCUT2D eigenvalue weighted by atomic mass is 10.0. The van der Waals surface area contributed by atoms with E-state index in [9.17, 15) is 4.79 Å². The van der Waals surface area contributed by atoms with Gasteiger partial charge in [0, 0.05) is 13.0 Å².